The molecule has 0 bridgehead atoms. The van der Waals surface area contributed by atoms with Gasteiger partial charge in [0.2, 0.25) is 0 Å². The standard InChI is InChI=1S/C8H11NO2/c1-4-6-9-7(5-2)8(10)11-3/h4-6H,1H2,2-3H3/b7-5-,9-6?. The van der Waals surface area contributed by atoms with Gasteiger partial charge in [0.25, 0.3) is 0 Å². The van der Waals surface area contributed by atoms with Gasteiger partial charge in [-0.05, 0) is 6.92 Å². The molecule has 0 saturated carbocycles. The van der Waals surface area contributed by atoms with E-state index in [-0.39, 0.29) is 5.70 Å². The Morgan fingerprint density at radius 1 is 1.64 bits per heavy atom. The van der Waals surface area contributed by atoms with Crippen LogP contribution in [0, 0.1) is 0 Å². The number of rotatable bonds is 3. The first-order valence-electron chi connectivity index (χ1n) is 3.16. The van der Waals surface area contributed by atoms with E-state index in [9.17, 15) is 4.79 Å². The summed E-state index contributed by atoms with van der Waals surface area (Å²) in [6, 6.07) is 0. The Balaban J connectivity index is 4.31. The van der Waals surface area contributed by atoms with E-state index in [1.165, 1.54) is 19.4 Å². The van der Waals surface area contributed by atoms with Gasteiger partial charge in [-0.3, -0.25) is 0 Å². The number of ether oxygens (including phenoxy) is 1. The average molecular weight is 153 g/mol. The average Bonchev–Trinajstić information content (AvgIpc) is 2.05. The summed E-state index contributed by atoms with van der Waals surface area (Å²) in [5, 5.41) is 0. The van der Waals surface area contributed by atoms with Crippen LogP contribution in [-0.4, -0.2) is 19.3 Å². The fourth-order valence-electron chi connectivity index (χ4n) is 0.483. The molecule has 0 N–H and O–H groups in total. The van der Waals surface area contributed by atoms with Crippen molar-refractivity contribution >= 4 is 12.2 Å². The lowest BCUT2D eigenvalue weighted by Gasteiger charge is -1.95. The zero-order chi connectivity index (χ0) is 8.69. The fourth-order valence-corrected chi connectivity index (χ4v) is 0.483. The smallest absolute Gasteiger partial charge is 0.356 e. The highest BCUT2D eigenvalue weighted by atomic mass is 16.5. The summed E-state index contributed by atoms with van der Waals surface area (Å²) in [5.41, 5.74) is 0.285. The van der Waals surface area contributed by atoms with E-state index in [1.54, 1.807) is 13.0 Å². The molecule has 0 spiro atoms. The Morgan fingerprint density at radius 3 is 2.64 bits per heavy atom. The molecular weight excluding hydrogens is 142 g/mol. The van der Waals surface area contributed by atoms with Crippen LogP contribution < -0.4 is 0 Å². The Morgan fingerprint density at radius 2 is 2.27 bits per heavy atom. The van der Waals surface area contributed by atoms with Gasteiger partial charge < -0.3 is 4.74 Å². The van der Waals surface area contributed by atoms with Gasteiger partial charge in [-0.15, -0.1) is 0 Å². The van der Waals surface area contributed by atoms with E-state index >= 15 is 0 Å². The maximum Gasteiger partial charge on any atom is 0.356 e. The summed E-state index contributed by atoms with van der Waals surface area (Å²) >= 11 is 0. The highest BCUT2D eigenvalue weighted by Gasteiger charge is 2.03. The summed E-state index contributed by atoms with van der Waals surface area (Å²) in [6.07, 6.45) is 4.50. The van der Waals surface area contributed by atoms with Crippen molar-refractivity contribution in [3.8, 4) is 0 Å². The predicted molar refractivity (Wildman–Crippen MR) is 44.5 cm³/mol. The number of nitrogens with zero attached hydrogens (tertiary/aromatic N) is 1. The van der Waals surface area contributed by atoms with E-state index in [0.717, 1.165) is 0 Å². The molecular formula is C8H11NO2. The molecule has 0 aromatic rings. The first-order chi connectivity index (χ1) is 5.26. The van der Waals surface area contributed by atoms with Gasteiger partial charge in [0.15, 0.2) is 0 Å². The van der Waals surface area contributed by atoms with Gasteiger partial charge in [0, 0.05) is 6.21 Å². The minimum Gasteiger partial charge on any atom is -0.464 e. The molecule has 0 aliphatic rings. The lowest BCUT2D eigenvalue weighted by Crippen LogP contribution is -2.02. The van der Waals surface area contributed by atoms with Crippen molar-refractivity contribution in [2.45, 2.75) is 6.92 Å². The van der Waals surface area contributed by atoms with Crippen LogP contribution >= 0.6 is 0 Å². The molecule has 11 heavy (non-hydrogen) atoms. The largest absolute Gasteiger partial charge is 0.464 e. The van der Waals surface area contributed by atoms with Crippen LogP contribution in [0.15, 0.2) is 29.4 Å². The third-order valence-corrected chi connectivity index (χ3v) is 0.987. The van der Waals surface area contributed by atoms with Crippen LogP contribution in [0.2, 0.25) is 0 Å². The van der Waals surface area contributed by atoms with Crippen LogP contribution in [0.1, 0.15) is 6.92 Å². The zero-order valence-electron chi connectivity index (χ0n) is 6.70. The SMILES string of the molecule is C=CC=N/C(=C\C)C(=O)OC. The van der Waals surface area contributed by atoms with Crippen molar-refractivity contribution in [3.05, 3.63) is 24.4 Å². The third-order valence-electron chi connectivity index (χ3n) is 0.987. The molecule has 0 aliphatic heterocycles. The number of allylic oxidation sites excluding steroid dienone is 2. The van der Waals surface area contributed by atoms with Crippen LogP contribution in [-0.2, 0) is 9.53 Å². The van der Waals surface area contributed by atoms with Gasteiger partial charge in [-0.2, -0.15) is 0 Å². The maximum absolute atomic E-state index is 10.8. The maximum atomic E-state index is 10.8. The quantitative estimate of drug-likeness (QED) is 0.348. The highest BCUT2D eigenvalue weighted by Crippen LogP contribution is 1.97. The number of hydrogen-bond acceptors (Lipinski definition) is 3. The first kappa shape index (κ1) is 9.62. The van der Waals surface area contributed by atoms with E-state index in [2.05, 4.69) is 16.3 Å². The number of esters is 1. The minimum atomic E-state index is -0.439. The van der Waals surface area contributed by atoms with Crippen molar-refractivity contribution in [1.82, 2.24) is 0 Å². The number of hydrogen-bond donors (Lipinski definition) is 0. The Hall–Kier alpha value is -1.38. The second kappa shape index (κ2) is 5.41. The normalized spacial score (nSPS) is 11.6. The molecule has 0 aromatic heterocycles. The molecule has 0 radical (unpaired) electrons. The van der Waals surface area contributed by atoms with E-state index < -0.39 is 5.97 Å². The monoisotopic (exact) mass is 153 g/mol. The van der Waals surface area contributed by atoms with Gasteiger partial charge in [0.05, 0.1) is 7.11 Å². The Bertz CT molecular complexity index is 204. The number of carbonyl (C=O) groups is 1. The molecule has 0 aliphatic carbocycles. The summed E-state index contributed by atoms with van der Waals surface area (Å²) in [4.78, 5) is 14.6. The van der Waals surface area contributed by atoms with E-state index in [4.69, 9.17) is 0 Å². The predicted octanol–water partition coefficient (Wildman–Crippen LogP) is 1.32. The first-order valence-corrected chi connectivity index (χ1v) is 3.16. The van der Waals surface area contributed by atoms with Gasteiger partial charge in [0.1, 0.15) is 5.70 Å². The van der Waals surface area contributed by atoms with Crippen LogP contribution in [0.3, 0.4) is 0 Å². The molecule has 0 heterocycles. The van der Waals surface area contributed by atoms with Crippen LogP contribution in [0.25, 0.3) is 0 Å². The van der Waals surface area contributed by atoms with Crippen molar-refractivity contribution < 1.29 is 9.53 Å². The molecule has 3 heteroatoms. The van der Waals surface area contributed by atoms with Crippen LogP contribution in [0.4, 0.5) is 0 Å². The molecule has 0 saturated heterocycles. The molecule has 0 unspecified atom stereocenters. The fraction of sp³-hybridized carbons (Fsp3) is 0.250. The Kier molecular flexibility index (Phi) is 4.73. The second-order valence-corrected chi connectivity index (χ2v) is 1.68. The van der Waals surface area contributed by atoms with Gasteiger partial charge in [-0.25, -0.2) is 9.79 Å². The summed E-state index contributed by atoms with van der Waals surface area (Å²) in [7, 11) is 1.31. The van der Waals surface area contributed by atoms with E-state index in [0.29, 0.717) is 0 Å². The molecule has 3 nitrogen and oxygen atoms in total. The Labute approximate surface area is 66.1 Å². The lowest BCUT2D eigenvalue weighted by molar-refractivity contribution is -0.136. The van der Waals surface area contributed by atoms with Crippen LogP contribution in [0.5, 0.6) is 0 Å². The number of carbonyl (C=O) groups excluding carboxylic acids is 1. The zero-order valence-corrected chi connectivity index (χ0v) is 6.70. The summed E-state index contributed by atoms with van der Waals surface area (Å²) in [5.74, 6) is -0.439. The molecule has 0 rings (SSSR count). The minimum absolute atomic E-state index is 0.285. The van der Waals surface area contributed by atoms with Crippen molar-refractivity contribution in [3.63, 3.8) is 0 Å². The topological polar surface area (TPSA) is 38.7 Å². The third kappa shape index (κ3) is 3.35. The highest BCUT2D eigenvalue weighted by molar-refractivity contribution is 5.90. The van der Waals surface area contributed by atoms with E-state index in [1.807, 2.05) is 0 Å². The number of aliphatic imine (C=N–C) groups is 1. The van der Waals surface area contributed by atoms with Crippen molar-refractivity contribution in [2.75, 3.05) is 7.11 Å². The molecule has 0 atom stereocenters. The van der Waals surface area contributed by atoms with Gasteiger partial charge >= 0.3 is 5.97 Å². The van der Waals surface area contributed by atoms with Crippen molar-refractivity contribution in [1.29, 1.82) is 0 Å². The molecule has 0 amide bonds. The van der Waals surface area contributed by atoms with Gasteiger partial charge in [-0.1, -0.05) is 18.7 Å². The summed E-state index contributed by atoms with van der Waals surface area (Å²) < 4.78 is 4.45. The molecule has 60 valence electrons. The molecule has 0 fully saturated rings. The number of methoxy groups -OCH3 is 1. The second-order valence-electron chi connectivity index (χ2n) is 1.68. The lowest BCUT2D eigenvalue weighted by atomic mass is 10.4. The summed E-state index contributed by atoms with van der Waals surface area (Å²) in [6.45, 7) is 5.14. The molecule has 0 aromatic carbocycles. The van der Waals surface area contributed by atoms with Crippen molar-refractivity contribution in [2.24, 2.45) is 4.99 Å².